The Bertz CT molecular complexity index is 483. The lowest BCUT2D eigenvalue weighted by Crippen LogP contribution is -2.25. The van der Waals surface area contributed by atoms with Crippen LogP contribution in [-0.2, 0) is 0 Å². The summed E-state index contributed by atoms with van der Waals surface area (Å²) in [5.41, 5.74) is 0.948. The molecule has 96 valence electrons. The van der Waals surface area contributed by atoms with E-state index in [0.717, 1.165) is 17.8 Å². The van der Waals surface area contributed by atoms with Crippen molar-refractivity contribution in [3.8, 4) is 0 Å². The number of hydrogen-bond acceptors (Lipinski definition) is 3. The average molecular weight is 248 g/mol. The average Bonchev–Trinajstić information content (AvgIpc) is 2.89. The first-order valence-corrected chi connectivity index (χ1v) is 6.07. The molecule has 0 spiro atoms. The maximum Gasteiger partial charge on any atom is 0.141 e. The summed E-state index contributed by atoms with van der Waals surface area (Å²) in [7, 11) is 0. The van der Waals surface area contributed by atoms with Crippen molar-refractivity contribution in [1.82, 2.24) is 20.5 Å². The number of nitrogens with zero attached hydrogens (tertiary/aromatic N) is 2. The van der Waals surface area contributed by atoms with Gasteiger partial charge in [0.15, 0.2) is 0 Å². The van der Waals surface area contributed by atoms with Crippen molar-refractivity contribution in [3.05, 3.63) is 47.8 Å². The number of aromatic nitrogens is 3. The van der Waals surface area contributed by atoms with Gasteiger partial charge in [0, 0.05) is 6.04 Å². The summed E-state index contributed by atoms with van der Waals surface area (Å²) in [5, 5.41) is 10.1. The van der Waals surface area contributed by atoms with E-state index < -0.39 is 0 Å². The predicted molar refractivity (Wildman–Crippen MR) is 67.4 cm³/mol. The van der Waals surface area contributed by atoms with Crippen molar-refractivity contribution < 1.29 is 4.39 Å². The van der Waals surface area contributed by atoms with E-state index in [1.807, 2.05) is 13.0 Å². The fraction of sp³-hybridized carbons (Fsp3) is 0.385. The van der Waals surface area contributed by atoms with Crippen molar-refractivity contribution >= 4 is 0 Å². The van der Waals surface area contributed by atoms with Crippen molar-refractivity contribution in [2.45, 2.75) is 32.4 Å². The van der Waals surface area contributed by atoms with Crippen LogP contribution in [0.4, 0.5) is 4.39 Å². The van der Waals surface area contributed by atoms with Gasteiger partial charge in [-0.3, -0.25) is 5.10 Å². The van der Waals surface area contributed by atoms with Crippen LogP contribution in [0.1, 0.15) is 43.7 Å². The normalized spacial score (nSPS) is 14.4. The first-order valence-electron chi connectivity index (χ1n) is 6.07. The SMILES string of the molecule is CCC(NC(C)c1ncn[nH]1)c1cccc(F)c1. The zero-order valence-corrected chi connectivity index (χ0v) is 10.5. The van der Waals surface area contributed by atoms with E-state index in [1.54, 1.807) is 12.1 Å². The van der Waals surface area contributed by atoms with E-state index in [9.17, 15) is 4.39 Å². The second-order valence-electron chi connectivity index (χ2n) is 4.27. The standard InChI is InChI=1S/C13H17FN4/c1-3-12(10-5-4-6-11(14)7-10)17-9(2)13-15-8-16-18-13/h4-9,12,17H,3H2,1-2H3,(H,15,16,18). The van der Waals surface area contributed by atoms with Crippen molar-refractivity contribution in [1.29, 1.82) is 0 Å². The molecule has 0 bridgehead atoms. The molecule has 0 fully saturated rings. The molecule has 1 aromatic heterocycles. The molecule has 0 aliphatic carbocycles. The Labute approximate surface area is 106 Å². The molecule has 2 atom stereocenters. The topological polar surface area (TPSA) is 53.6 Å². The van der Waals surface area contributed by atoms with Crippen LogP contribution < -0.4 is 5.32 Å². The van der Waals surface area contributed by atoms with E-state index in [1.165, 1.54) is 12.4 Å². The molecule has 0 saturated carbocycles. The minimum atomic E-state index is -0.208. The molecule has 4 nitrogen and oxygen atoms in total. The molecular formula is C13H17FN4. The van der Waals surface area contributed by atoms with Gasteiger partial charge in [-0.15, -0.1) is 0 Å². The third kappa shape index (κ3) is 2.92. The van der Waals surface area contributed by atoms with Crippen LogP contribution >= 0.6 is 0 Å². The second kappa shape index (κ2) is 5.73. The summed E-state index contributed by atoms with van der Waals surface area (Å²) in [4.78, 5) is 4.11. The largest absolute Gasteiger partial charge is 0.301 e. The van der Waals surface area contributed by atoms with Gasteiger partial charge in [-0.25, -0.2) is 9.37 Å². The van der Waals surface area contributed by atoms with Crippen molar-refractivity contribution in [2.24, 2.45) is 0 Å². The van der Waals surface area contributed by atoms with Crippen LogP contribution in [0.15, 0.2) is 30.6 Å². The van der Waals surface area contributed by atoms with E-state index in [0.29, 0.717) is 0 Å². The summed E-state index contributed by atoms with van der Waals surface area (Å²) in [6.07, 6.45) is 2.36. The Morgan fingerprint density at radius 3 is 2.89 bits per heavy atom. The Morgan fingerprint density at radius 2 is 2.28 bits per heavy atom. The van der Waals surface area contributed by atoms with Crippen molar-refractivity contribution in [3.63, 3.8) is 0 Å². The van der Waals surface area contributed by atoms with Crippen LogP contribution in [-0.4, -0.2) is 15.2 Å². The summed E-state index contributed by atoms with van der Waals surface area (Å²) in [6.45, 7) is 4.07. The highest BCUT2D eigenvalue weighted by Crippen LogP contribution is 2.21. The van der Waals surface area contributed by atoms with Crippen LogP contribution in [0, 0.1) is 5.82 Å². The summed E-state index contributed by atoms with van der Waals surface area (Å²) in [5.74, 6) is 0.574. The number of hydrogen-bond donors (Lipinski definition) is 2. The molecule has 0 aliphatic rings. The maximum atomic E-state index is 13.2. The molecule has 0 aliphatic heterocycles. The smallest absolute Gasteiger partial charge is 0.141 e. The molecule has 0 saturated heterocycles. The molecule has 2 rings (SSSR count). The van der Waals surface area contributed by atoms with Crippen molar-refractivity contribution in [2.75, 3.05) is 0 Å². The minimum absolute atomic E-state index is 0.0423. The van der Waals surface area contributed by atoms with Crippen LogP contribution in [0.5, 0.6) is 0 Å². The van der Waals surface area contributed by atoms with E-state index in [2.05, 4.69) is 27.4 Å². The fourth-order valence-electron chi connectivity index (χ4n) is 1.98. The fourth-order valence-corrected chi connectivity index (χ4v) is 1.98. The third-order valence-electron chi connectivity index (χ3n) is 2.95. The molecular weight excluding hydrogens is 231 g/mol. The quantitative estimate of drug-likeness (QED) is 0.855. The molecule has 18 heavy (non-hydrogen) atoms. The number of aromatic amines is 1. The van der Waals surface area contributed by atoms with Gasteiger partial charge in [-0.1, -0.05) is 19.1 Å². The molecule has 5 heteroatoms. The molecule has 2 unspecified atom stereocenters. The highest BCUT2D eigenvalue weighted by atomic mass is 19.1. The first-order chi connectivity index (χ1) is 8.70. The Morgan fingerprint density at radius 1 is 1.44 bits per heavy atom. The van der Waals surface area contributed by atoms with Gasteiger partial charge < -0.3 is 5.32 Å². The highest BCUT2D eigenvalue weighted by Gasteiger charge is 2.15. The third-order valence-corrected chi connectivity index (χ3v) is 2.95. The Balaban J connectivity index is 2.10. The lowest BCUT2D eigenvalue weighted by Gasteiger charge is -2.21. The monoisotopic (exact) mass is 248 g/mol. The van der Waals surface area contributed by atoms with Gasteiger partial charge >= 0.3 is 0 Å². The Hall–Kier alpha value is -1.75. The van der Waals surface area contributed by atoms with Gasteiger partial charge in [-0.2, -0.15) is 5.10 Å². The predicted octanol–water partition coefficient (Wildman–Crippen LogP) is 2.75. The first kappa shape index (κ1) is 12.7. The van der Waals surface area contributed by atoms with Gasteiger partial charge in [0.25, 0.3) is 0 Å². The van der Waals surface area contributed by atoms with Gasteiger partial charge in [-0.05, 0) is 31.0 Å². The molecule has 0 radical (unpaired) electrons. The van der Waals surface area contributed by atoms with Crippen LogP contribution in [0.25, 0.3) is 0 Å². The summed E-state index contributed by atoms with van der Waals surface area (Å²) < 4.78 is 13.2. The number of nitrogens with one attached hydrogen (secondary N) is 2. The van der Waals surface area contributed by atoms with E-state index in [4.69, 9.17) is 0 Å². The van der Waals surface area contributed by atoms with Gasteiger partial charge in [0.05, 0.1) is 6.04 Å². The number of rotatable bonds is 5. The molecule has 1 heterocycles. The van der Waals surface area contributed by atoms with Crippen LogP contribution in [0.2, 0.25) is 0 Å². The number of H-pyrrole nitrogens is 1. The summed E-state index contributed by atoms with van der Waals surface area (Å²) >= 11 is 0. The van der Waals surface area contributed by atoms with Gasteiger partial charge in [0.1, 0.15) is 18.0 Å². The zero-order chi connectivity index (χ0) is 13.0. The molecule has 2 N–H and O–H groups in total. The van der Waals surface area contributed by atoms with E-state index in [-0.39, 0.29) is 17.9 Å². The van der Waals surface area contributed by atoms with Gasteiger partial charge in [0.2, 0.25) is 0 Å². The maximum absolute atomic E-state index is 13.2. The lowest BCUT2D eigenvalue weighted by atomic mass is 10.0. The summed E-state index contributed by atoms with van der Waals surface area (Å²) in [6, 6.07) is 6.82. The number of benzene rings is 1. The molecule has 1 aromatic carbocycles. The molecule has 0 amide bonds. The van der Waals surface area contributed by atoms with Crippen LogP contribution in [0.3, 0.4) is 0 Å². The molecule has 2 aromatic rings. The Kier molecular flexibility index (Phi) is 4.04. The van der Waals surface area contributed by atoms with E-state index >= 15 is 0 Å². The zero-order valence-electron chi connectivity index (χ0n) is 10.5. The minimum Gasteiger partial charge on any atom is -0.301 e. The lowest BCUT2D eigenvalue weighted by molar-refractivity contribution is 0.441. The second-order valence-corrected chi connectivity index (χ2v) is 4.27. The number of halogens is 1. The highest BCUT2D eigenvalue weighted by molar-refractivity contribution is 5.20.